The number of para-hydroxylation sites is 1. The maximum atomic E-state index is 13.5. The number of nitrogens with one attached hydrogen (secondary N) is 1. The van der Waals surface area contributed by atoms with Gasteiger partial charge in [0.15, 0.2) is 0 Å². The molecule has 0 spiro atoms. The lowest BCUT2D eigenvalue weighted by Crippen LogP contribution is -2.32. The minimum Gasteiger partial charge on any atom is -0.447 e. The predicted octanol–water partition coefficient (Wildman–Crippen LogP) is 5.76. The summed E-state index contributed by atoms with van der Waals surface area (Å²) in [4.78, 5) is 27.4. The molecule has 2 amide bonds. The number of anilines is 3. The Hall–Kier alpha value is -2.86. The molecule has 6 heteroatoms. The first-order chi connectivity index (χ1) is 15.5. The Labute approximate surface area is 189 Å². The first-order valence-electron chi connectivity index (χ1n) is 11.6. The molecule has 2 aromatic rings. The van der Waals surface area contributed by atoms with Crippen LogP contribution in [0.1, 0.15) is 57.1 Å². The van der Waals surface area contributed by atoms with Crippen LogP contribution in [-0.2, 0) is 27.1 Å². The van der Waals surface area contributed by atoms with E-state index in [-0.39, 0.29) is 24.7 Å². The van der Waals surface area contributed by atoms with E-state index in [1.807, 2.05) is 36.4 Å². The topological polar surface area (TPSA) is 67.9 Å². The summed E-state index contributed by atoms with van der Waals surface area (Å²) in [6.45, 7) is 3.66. The van der Waals surface area contributed by atoms with Gasteiger partial charge in [-0.05, 0) is 68.9 Å². The third kappa shape index (κ3) is 5.30. The minimum atomic E-state index is -0.507. The summed E-state index contributed by atoms with van der Waals surface area (Å²) in [5, 5.41) is 2.78. The number of amides is 2. The molecule has 1 saturated carbocycles. The van der Waals surface area contributed by atoms with E-state index in [0.717, 1.165) is 61.0 Å². The molecular formula is C26H32N2O4. The summed E-state index contributed by atoms with van der Waals surface area (Å²) in [7, 11) is 0. The zero-order valence-corrected chi connectivity index (χ0v) is 18.9. The van der Waals surface area contributed by atoms with Crippen molar-refractivity contribution in [2.45, 2.75) is 71.0 Å². The van der Waals surface area contributed by atoms with Crippen molar-refractivity contribution in [3.8, 4) is 0 Å². The summed E-state index contributed by atoms with van der Waals surface area (Å²) in [5.41, 5.74) is 4.46. The van der Waals surface area contributed by atoms with Crippen molar-refractivity contribution < 1.29 is 19.1 Å². The summed E-state index contributed by atoms with van der Waals surface area (Å²) in [6.07, 6.45) is 6.72. The number of fused-ring (bicyclic) bond motifs is 2. The molecule has 0 saturated heterocycles. The highest BCUT2D eigenvalue weighted by Gasteiger charge is 2.27. The maximum absolute atomic E-state index is 13.5. The van der Waals surface area contributed by atoms with Gasteiger partial charge in [0.2, 0.25) is 0 Å². The highest BCUT2D eigenvalue weighted by molar-refractivity contribution is 6.03. The summed E-state index contributed by atoms with van der Waals surface area (Å²) in [6, 6.07) is 13.7. The van der Waals surface area contributed by atoms with Crippen molar-refractivity contribution in [3.63, 3.8) is 0 Å². The fraction of sp³-hybridized carbons (Fsp3) is 0.462. The lowest BCUT2D eigenvalue weighted by molar-refractivity contribution is -0.125. The fourth-order valence-electron chi connectivity index (χ4n) is 4.52. The highest BCUT2D eigenvalue weighted by Crippen LogP contribution is 2.38. The van der Waals surface area contributed by atoms with Crippen molar-refractivity contribution in [1.82, 2.24) is 0 Å². The number of benzene rings is 2. The van der Waals surface area contributed by atoms with E-state index in [2.05, 4.69) is 11.4 Å². The van der Waals surface area contributed by atoms with Crippen LogP contribution in [0.5, 0.6) is 0 Å². The summed E-state index contributed by atoms with van der Waals surface area (Å²) < 4.78 is 11.2. The van der Waals surface area contributed by atoms with E-state index in [1.54, 1.807) is 18.7 Å². The van der Waals surface area contributed by atoms with Crippen molar-refractivity contribution in [3.05, 3.63) is 53.6 Å². The van der Waals surface area contributed by atoms with Gasteiger partial charge in [-0.3, -0.25) is 15.0 Å². The Balaban J connectivity index is 1.62. The third-order valence-electron chi connectivity index (χ3n) is 6.06. The highest BCUT2D eigenvalue weighted by atomic mass is 16.6. The maximum Gasteiger partial charge on any atom is 0.411 e. The first-order valence-corrected chi connectivity index (χ1v) is 11.6. The van der Waals surface area contributed by atoms with Crippen LogP contribution in [-0.4, -0.2) is 30.8 Å². The molecule has 0 atom stereocenters. The second-order valence-corrected chi connectivity index (χ2v) is 8.85. The van der Waals surface area contributed by atoms with Crippen molar-refractivity contribution in [2.24, 2.45) is 0 Å². The molecule has 0 unspecified atom stereocenters. The predicted molar refractivity (Wildman–Crippen MR) is 126 cm³/mol. The minimum absolute atomic E-state index is 0.0471. The zero-order chi connectivity index (χ0) is 22.5. The van der Waals surface area contributed by atoms with Crippen LogP contribution in [0.2, 0.25) is 0 Å². The largest absolute Gasteiger partial charge is 0.447 e. The molecule has 2 aliphatic rings. The Morgan fingerprint density at radius 3 is 2.47 bits per heavy atom. The average Bonchev–Trinajstić information content (AvgIpc) is 2.94. The van der Waals surface area contributed by atoms with Crippen LogP contribution < -0.4 is 10.2 Å². The Kier molecular flexibility index (Phi) is 7.10. The Morgan fingerprint density at radius 2 is 1.72 bits per heavy atom. The van der Waals surface area contributed by atoms with Crippen molar-refractivity contribution in [1.29, 1.82) is 0 Å². The van der Waals surface area contributed by atoms with Gasteiger partial charge < -0.3 is 9.47 Å². The molecule has 2 aromatic carbocycles. The van der Waals surface area contributed by atoms with E-state index < -0.39 is 6.09 Å². The molecule has 1 heterocycles. The van der Waals surface area contributed by atoms with Gasteiger partial charge in [0.1, 0.15) is 6.61 Å². The Morgan fingerprint density at radius 1 is 1.00 bits per heavy atom. The van der Waals surface area contributed by atoms with Crippen LogP contribution in [0.3, 0.4) is 0 Å². The number of rotatable bonds is 5. The third-order valence-corrected chi connectivity index (χ3v) is 6.06. The second-order valence-electron chi connectivity index (χ2n) is 8.85. The van der Waals surface area contributed by atoms with Gasteiger partial charge in [0.05, 0.1) is 23.6 Å². The van der Waals surface area contributed by atoms with Gasteiger partial charge in [-0.2, -0.15) is 0 Å². The molecule has 1 N–H and O–H groups in total. The summed E-state index contributed by atoms with van der Waals surface area (Å²) >= 11 is 0. The lowest BCUT2D eigenvalue weighted by Gasteiger charge is -2.27. The molecule has 4 rings (SSSR count). The Bertz CT molecular complexity index is 966. The van der Waals surface area contributed by atoms with Crippen LogP contribution in [0.25, 0.3) is 0 Å². The quantitative estimate of drug-likeness (QED) is 0.647. The number of hydrogen-bond donors (Lipinski definition) is 1. The average molecular weight is 437 g/mol. The fourth-order valence-corrected chi connectivity index (χ4v) is 4.52. The molecule has 1 aliphatic heterocycles. The molecule has 32 heavy (non-hydrogen) atoms. The van der Waals surface area contributed by atoms with Gasteiger partial charge in [-0.15, -0.1) is 0 Å². The lowest BCUT2D eigenvalue weighted by atomic mass is 9.98. The molecular weight excluding hydrogens is 404 g/mol. The van der Waals surface area contributed by atoms with Crippen molar-refractivity contribution >= 4 is 29.1 Å². The summed E-state index contributed by atoms with van der Waals surface area (Å²) in [5.74, 6) is -0.0897. The SMILES string of the molecule is CC(C)OC(=O)Nc1ccc2c(c1)N(C(=O)COC1CCCCC1)c1ccccc1CC2. The molecule has 6 nitrogen and oxygen atoms in total. The van der Waals surface area contributed by atoms with Crippen LogP contribution in [0.4, 0.5) is 21.9 Å². The zero-order valence-electron chi connectivity index (χ0n) is 18.9. The van der Waals surface area contributed by atoms with Crippen LogP contribution in [0, 0.1) is 0 Å². The van der Waals surface area contributed by atoms with Gasteiger partial charge in [-0.1, -0.05) is 43.5 Å². The number of ether oxygens (including phenoxy) is 2. The number of carbonyl (C=O) groups excluding carboxylic acids is 2. The van der Waals surface area contributed by atoms with Gasteiger partial charge in [0, 0.05) is 5.69 Å². The van der Waals surface area contributed by atoms with E-state index in [9.17, 15) is 9.59 Å². The van der Waals surface area contributed by atoms with Gasteiger partial charge in [-0.25, -0.2) is 4.79 Å². The standard InChI is InChI=1S/C26H32N2O4/c1-18(2)32-26(30)27-21-15-14-20-13-12-19-8-6-7-11-23(19)28(24(20)16-21)25(29)17-31-22-9-4-3-5-10-22/h6-8,11,14-16,18,22H,3-5,9-10,12-13,17H2,1-2H3,(H,27,30). The van der Waals surface area contributed by atoms with E-state index in [0.29, 0.717) is 5.69 Å². The normalized spacial score (nSPS) is 16.2. The molecule has 0 aromatic heterocycles. The molecule has 0 radical (unpaired) electrons. The number of carbonyl (C=O) groups is 2. The van der Waals surface area contributed by atoms with Crippen molar-refractivity contribution in [2.75, 3.05) is 16.8 Å². The number of nitrogens with zero attached hydrogens (tertiary/aromatic N) is 1. The monoisotopic (exact) mass is 436 g/mol. The van der Waals surface area contributed by atoms with Gasteiger partial charge >= 0.3 is 6.09 Å². The van der Waals surface area contributed by atoms with Gasteiger partial charge in [0.25, 0.3) is 5.91 Å². The number of aryl methyl sites for hydroxylation is 2. The molecule has 1 fully saturated rings. The smallest absolute Gasteiger partial charge is 0.411 e. The molecule has 0 bridgehead atoms. The second kappa shape index (κ2) is 10.2. The molecule has 1 aliphatic carbocycles. The van der Waals surface area contributed by atoms with E-state index in [1.165, 1.54) is 6.42 Å². The molecule has 170 valence electrons. The first kappa shape index (κ1) is 22.3. The van der Waals surface area contributed by atoms with E-state index >= 15 is 0 Å². The number of hydrogen-bond acceptors (Lipinski definition) is 4. The van der Waals surface area contributed by atoms with E-state index in [4.69, 9.17) is 9.47 Å². The van der Waals surface area contributed by atoms with Crippen LogP contribution >= 0.6 is 0 Å². The van der Waals surface area contributed by atoms with Crippen LogP contribution in [0.15, 0.2) is 42.5 Å².